The number of methoxy groups -OCH3 is 1. The Morgan fingerprint density at radius 3 is 2.68 bits per heavy atom. The third-order valence-corrected chi connectivity index (χ3v) is 3.32. The van der Waals surface area contributed by atoms with Gasteiger partial charge in [-0.25, -0.2) is 0 Å². The molecule has 3 heteroatoms. The predicted octanol–water partition coefficient (Wildman–Crippen LogP) is 3.93. The fourth-order valence-corrected chi connectivity index (χ4v) is 2.30. The van der Waals surface area contributed by atoms with Crippen LogP contribution in [-0.4, -0.2) is 12.2 Å². The molecule has 0 spiro atoms. The average molecular weight is 277 g/mol. The molecule has 0 fully saturated rings. The SMILES string of the molecule is COc1ccc(Cl)cc1CC(O)c1cccc(C)c1. The molecule has 0 aliphatic heterocycles. The number of aryl methyl sites for hydroxylation is 1. The topological polar surface area (TPSA) is 29.5 Å². The van der Waals surface area contributed by atoms with E-state index in [1.54, 1.807) is 13.2 Å². The fraction of sp³-hybridized carbons (Fsp3) is 0.250. The van der Waals surface area contributed by atoms with Crippen LogP contribution in [0.4, 0.5) is 0 Å². The minimum atomic E-state index is -0.563. The summed E-state index contributed by atoms with van der Waals surface area (Å²) in [4.78, 5) is 0. The Hall–Kier alpha value is -1.51. The summed E-state index contributed by atoms with van der Waals surface area (Å²) < 4.78 is 5.29. The highest BCUT2D eigenvalue weighted by Gasteiger charge is 2.12. The normalized spacial score (nSPS) is 12.2. The minimum absolute atomic E-state index is 0.479. The molecule has 100 valence electrons. The zero-order chi connectivity index (χ0) is 13.8. The summed E-state index contributed by atoms with van der Waals surface area (Å²) in [6.45, 7) is 2.01. The highest BCUT2D eigenvalue weighted by Crippen LogP contribution is 2.28. The highest BCUT2D eigenvalue weighted by molar-refractivity contribution is 6.30. The van der Waals surface area contributed by atoms with Crippen LogP contribution in [0.3, 0.4) is 0 Å². The quantitative estimate of drug-likeness (QED) is 0.917. The Kier molecular flexibility index (Phi) is 4.46. The van der Waals surface area contributed by atoms with Crippen molar-refractivity contribution in [3.63, 3.8) is 0 Å². The summed E-state index contributed by atoms with van der Waals surface area (Å²) in [6, 6.07) is 13.3. The largest absolute Gasteiger partial charge is 0.496 e. The number of aliphatic hydroxyl groups is 1. The molecule has 0 bridgehead atoms. The summed E-state index contributed by atoms with van der Waals surface area (Å²) in [7, 11) is 1.62. The Morgan fingerprint density at radius 1 is 1.21 bits per heavy atom. The van der Waals surface area contributed by atoms with Gasteiger partial charge in [0.2, 0.25) is 0 Å². The van der Waals surface area contributed by atoms with Gasteiger partial charge in [-0.1, -0.05) is 41.4 Å². The number of benzene rings is 2. The second kappa shape index (κ2) is 6.09. The zero-order valence-electron chi connectivity index (χ0n) is 11.1. The van der Waals surface area contributed by atoms with Crippen molar-refractivity contribution >= 4 is 11.6 Å². The van der Waals surface area contributed by atoms with Gasteiger partial charge in [-0.15, -0.1) is 0 Å². The van der Waals surface area contributed by atoms with Crippen molar-refractivity contribution in [2.45, 2.75) is 19.4 Å². The lowest BCUT2D eigenvalue weighted by Crippen LogP contribution is -2.03. The van der Waals surface area contributed by atoms with E-state index >= 15 is 0 Å². The van der Waals surface area contributed by atoms with Gasteiger partial charge in [0.15, 0.2) is 0 Å². The number of ether oxygens (including phenoxy) is 1. The first-order valence-corrected chi connectivity index (χ1v) is 6.55. The molecule has 1 unspecified atom stereocenters. The molecular formula is C16H17ClO2. The second-order valence-electron chi connectivity index (χ2n) is 4.59. The van der Waals surface area contributed by atoms with Gasteiger partial charge in [0.05, 0.1) is 13.2 Å². The van der Waals surface area contributed by atoms with Gasteiger partial charge >= 0.3 is 0 Å². The maximum atomic E-state index is 10.3. The number of hydrogen-bond acceptors (Lipinski definition) is 2. The fourth-order valence-electron chi connectivity index (χ4n) is 2.11. The van der Waals surface area contributed by atoms with Crippen LogP contribution in [0.2, 0.25) is 5.02 Å². The van der Waals surface area contributed by atoms with E-state index in [0.717, 1.165) is 22.4 Å². The van der Waals surface area contributed by atoms with E-state index in [9.17, 15) is 5.11 Å². The molecule has 2 aromatic carbocycles. The third-order valence-electron chi connectivity index (χ3n) is 3.08. The van der Waals surface area contributed by atoms with Gasteiger partial charge in [0.1, 0.15) is 5.75 Å². The van der Waals surface area contributed by atoms with Gasteiger partial charge in [0.25, 0.3) is 0 Å². The lowest BCUT2D eigenvalue weighted by molar-refractivity contribution is 0.177. The van der Waals surface area contributed by atoms with Crippen LogP contribution in [0.25, 0.3) is 0 Å². The average Bonchev–Trinajstić information content (AvgIpc) is 2.39. The van der Waals surface area contributed by atoms with Crippen LogP contribution < -0.4 is 4.74 Å². The van der Waals surface area contributed by atoms with Crippen LogP contribution in [0.1, 0.15) is 22.8 Å². The molecule has 0 radical (unpaired) electrons. The van der Waals surface area contributed by atoms with E-state index in [0.29, 0.717) is 11.4 Å². The standard InChI is InChI=1S/C16H17ClO2/c1-11-4-3-5-12(8-11)15(18)10-13-9-14(17)6-7-16(13)19-2/h3-9,15,18H,10H2,1-2H3. The first-order chi connectivity index (χ1) is 9.10. The van der Waals surface area contributed by atoms with Crippen molar-refractivity contribution in [2.24, 2.45) is 0 Å². The first-order valence-electron chi connectivity index (χ1n) is 6.17. The van der Waals surface area contributed by atoms with Crippen LogP contribution in [0, 0.1) is 6.92 Å². The van der Waals surface area contributed by atoms with Crippen LogP contribution in [0.15, 0.2) is 42.5 Å². The van der Waals surface area contributed by atoms with E-state index in [-0.39, 0.29) is 0 Å². The summed E-state index contributed by atoms with van der Waals surface area (Å²) >= 11 is 5.99. The Morgan fingerprint density at radius 2 is 2.00 bits per heavy atom. The van der Waals surface area contributed by atoms with E-state index in [1.165, 1.54) is 0 Å². The summed E-state index contributed by atoms with van der Waals surface area (Å²) in [5.74, 6) is 0.746. The van der Waals surface area contributed by atoms with Crippen LogP contribution in [0.5, 0.6) is 5.75 Å². The van der Waals surface area contributed by atoms with Crippen molar-refractivity contribution in [1.82, 2.24) is 0 Å². The Labute approximate surface area is 118 Å². The number of rotatable bonds is 4. The van der Waals surface area contributed by atoms with Gasteiger partial charge in [0, 0.05) is 11.4 Å². The summed E-state index contributed by atoms with van der Waals surface area (Å²) in [5, 5.41) is 11.0. The molecule has 0 heterocycles. The van der Waals surface area contributed by atoms with Crippen molar-refractivity contribution in [3.05, 3.63) is 64.2 Å². The number of halogens is 1. The van der Waals surface area contributed by atoms with Crippen molar-refractivity contribution in [1.29, 1.82) is 0 Å². The Balaban J connectivity index is 2.23. The van der Waals surface area contributed by atoms with E-state index < -0.39 is 6.10 Å². The maximum absolute atomic E-state index is 10.3. The molecule has 0 aromatic heterocycles. The van der Waals surface area contributed by atoms with Crippen LogP contribution >= 0.6 is 11.6 Å². The Bertz CT molecular complexity index is 566. The highest BCUT2D eigenvalue weighted by atomic mass is 35.5. The summed E-state index contributed by atoms with van der Waals surface area (Å²) in [5.41, 5.74) is 2.95. The van der Waals surface area contributed by atoms with Gasteiger partial charge in [-0.3, -0.25) is 0 Å². The second-order valence-corrected chi connectivity index (χ2v) is 5.03. The number of aliphatic hydroxyl groups excluding tert-OH is 1. The molecule has 1 atom stereocenters. The van der Waals surface area contributed by atoms with Gasteiger partial charge < -0.3 is 9.84 Å². The molecule has 2 rings (SSSR count). The molecule has 0 aliphatic rings. The smallest absolute Gasteiger partial charge is 0.122 e. The van der Waals surface area contributed by atoms with Crippen molar-refractivity contribution < 1.29 is 9.84 Å². The molecule has 0 saturated heterocycles. The molecule has 19 heavy (non-hydrogen) atoms. The molecule has 0 aliphatic carbocycles. The molecule has 1 N–H and O–H groups in total. The lowest BCUT2D eigenvalue weighted by Gasteiger charge is -2.14. The minimum Gasteiger partial charge on any atom is -0.496 e. The predicted molar refractivity (Wildman–Crippen MR) is 77.8 cm³/mol. The third kappa shape index (κ3) is 3.49. The van der Waals surface area contributed by atoms with Crippen molar-refractivity contribution in [3.8, 4) is 5.75 Å². The van der Waals surface area contributed by atoms with E-state index in [1.807, 2.05) is 43.3 Å². The maximum Gasteiger partial charge on any atom is 0.122 e. The van der Waals surface area contributed by atoms with Crippen LogP contribution in [-0.2, 0) is 6.42 Å². The molecular weight excluding hydrogens is 260 g/mol. The lowest BCUT2D eigenvalue weighted by atomic mass is 9.99. The van der Waals surface area contributed by atoms with E-state index in [4.69, 9.17) is 16.3 Å². The zero-order valence-corrected chi connectivity index (χ0v) is 11.8. The molecule has 2 aromatic rings. The first kappa shape index (κ1) is 13.9. The monoisotopic (exact) mass is 276 g/mol. The van der Waals surface area contributed by atoms with Gasteiger partial charge in [-0.2, -0.15) is 0 Å². The summed E-state index contributed by atoms with van der Waals surface area (Å²) in [6.07, 6.45) is -0.0834. The molecule has 0 saturated carbocycles. The van der Waals surface area contributed by atoms with Gasteiger partial charge in [-0.05, 0) is 36.2 Å². The van der Waals surface area contributed by atoms with E-state index in [2.05, 4.69) is 0 Å². The van der Waals surface area contributed by atoms with Crippen molar-refractivity contribution in [2.75, 3.05) is 7.11 Å². The molecule has 0 amide bonds. The number of hydrogen-bond donors (Lipinski definition) is 1. The molecule has 2 nitrogen and oxygen atoms in total.